The van der Waals surface area contributed by atoms with Gasteiger partial charge in [-0.05, 0) is 70.6 Å². The van der Waals surface area contributed by atoms with E-state index in [0.29, 0.717) is 19.3 Å². The molecule has 1 saturated heterocycles. The summed E-state index contributed by atoms with van der Waals surface area (Å²) in [6.07, 6.45) is 53.7. The monoisotopic (exact) mass is 1040 g/mol. The normalized spacial score (nSPS) is 19.8. The Kier molecular flexibility index (Phi) is 47.5. The fourth-order valence-electron chi connectivity index (χ4n) is 9.09. The van der Waals surface area contributed by atoms with E-state index in [1.807, 2.05) is 6.08 Å². The molecule has 11 heteroatoms. The lowest BCUT2D eigenvalue weighted by Gasteiger charge is -2.41. The van der Waals surface area contributed by atoms with Crippen LogP contribution in [0.4, 0.5) is 0 Å². The van der Waals surface area contributed by atoms with Gasteiger partial charge in [-0.1, -0.05) is 248 Å². The van der Waals surface area contributed by atoms with Crippen LogP contribution in [0.25, 0.3) is 0 Å². The molecule has 0 aromatic carbocycles. The molecule has 74 heavy (non-hydrogen) atoms. The number of carbonyl (C=O) groups is 2. The highest BCUT2D eigenvalue weighted by molar-refractivity contribution is 5.80. The number of hydrogen-bond donors (Lipinski definition) is 6. The van der Waals surface area contributed by atoms with Crippen molar-refractivity contribution in [3.05, 3.63) is 72.9 Å². The van der Waals surface area contributed by atoms with Gasteiger partial charge in [0.25, 0.3) is 0 Å². The maximum Gasteiger partial charge on any atom is 0.306 e. The Morgan fingerprint density at radius 3 is 1.46 bits per heavy atom. The maximum absolute atomic E-state index is 13.4. The van der Waals surface area contributed by atoms with Crippen LogP contribution in [0.15, 0.2) is 72.9 Å². The molecule has 0 aliphatic carbocycles. The number of amides is 1. The Hall–Kier alpha value is -2.90. The molecule has 0 aromatic heterocycles. The number of hydrogen-bond acceptors (Lipinski definition) is 10. The molecule has 11 nitrogen and oxygen atoms in total. The van der Waals surface area contributed by atoms with Crippen molar-refractivity contribution in [2.24, 2.45) is 0 Å². The second-order valence-corrected chi connectivity index (χ2v) is 20.7. The van der Waals surface area contributed by atoms with Gasteiger partial charge in [-0.15, -0.1) is 0 Å². The van der Waals surface area contributed by atoms with E-state index in [2.05, 4.69) is 86.8 Å². The number of rotatable bonds is 50. The van der Waals surface area contributed by atoms with Crippen LogP contribution < -0.4 is 5.32 Å². The molecule has 1 heterocycles. The van der Waals surface area contributed by atoms with Crippen LogP contribution in [-0.4, -0.2) is 99.6 Å². The molecule has 428 valence electrons. The first-order valence-corrected chi connectivity index (χ1v) is 30.2. The van der Waals surface area contributed by atoms with E-state index in [1.165, 1.54) is 103 Å². The molecule has 0 spiro atoms. The van der Waals surface area contributed by atoms with Crippen LogP contribution in [0, 0.1) is 0 Å². The van der Waals surface area contributed by atoms with Crippen LogP contribution in [0.3, 0.4) is 0 Å². The van der Waals surface area contributed by atoms with Crippen molar-refractivity contribution >= 4 is 11.9 Å². The van der Waals surface area contributed by atoms with Crippen LogP contribution in [-0.2, 0) is 23.8 Å². The molecule has 8 atom stereocenters. The van der Waals surface area contributed by atoms with Gasteiger partial charge >= 0.3 is 5.97 Å². The van der Waals surface area contributed by atoms with Crippen molar-refractivity contribution in [1.29, 1.82) is 0 Å². The number of ether oxygens (including phenoxy) is 3. The fourth-order valence-corrected chi connectivity index (χ4v) is 9.09. The zero-order chi connectivity index (χ0) is 54.0. The minimum Gasteiger partial charge on any atom is -0.454 e. The fraction of sp³-hybridized carbons (Fsp3) is 0.778. The molecule has 1 amide bonds. The topological polar surface area (TPSA) is 175 Å². The van der Waals surface area contributed by atoms with E-state index < -0.39 is 67.4 Å². The highest BCUT2D eigenvalue weighted by Gasteiger charge is 2.47. The summed E-state index contributed by atoms with van der Waals surface area (Å²) in [6, 6.07) is -1.03. The Labute approximate surface area is 451 Å². The Morgan fingerprint density at radius 2 is 0.973 bits per heavy atom. The lowest BCUT2D eigenvalue weighted by molar-refractivity contribution is -0.305. The smallest absolute Gasteiger partial charge is 0.306 e. The summed E-state index contributed by atoms with van der Waals surface area (Å²) in [4.78, 5) is 26.5. The van der Waals surface area contributed by atoms with Gasteiger partial charge in [-0.25, -0.2) is 0 Å². The molecule has 0 saturated carbocycles. The second-order valence-electron chi connectivity index (χ2n) is 20.7. The first-order chi connectivity index (χ1) is 36.2. The van der Waals surface area contributed by atoms with E-state index >= 15 is 0 Å². The summed E-state index contributed by atoms with van der Waals surface area (Å²) < 4.78 is 17.6. The van der Waals surface area contributed by atoms with Crippen molar-refractivity contribution in [2.45, 2.75) is 301 Å². The third kappa shape index (κ3) is 38.6. The highest BCUT2D eigenvalue weighted by Crippen LogP contribution is 2.26. The van der Waals surface area contributed by atoms with Gasteiger partial charge in [0.05, 0.1) is 25.4 Å². The summed E-state index contributed by atoms with van der Waals surface area (Å²) >= 11 is 0. The second kappa shape index (κ2) is 50.9. The van der Waals surface area contributed by atoms with Crippen molar-refractivity contribution in [3.8, 4) is 0 Å². The zero-order valence-corrected chi connectivity index (χ0v) is 47.2. The molecular formula is C63H111NO10. The van der Waals surface area contributed by atoms with E-state index in [-0.39, 0.29) is 13.0 Å². The molecule has 1 rings (SSSR count). The highest BCUT2D eigenvalue weighted by atomic mass is 16.7. The SMILES string of the molecule is CC/C=C\C/C=C\C/C=C\C/C=C\C/C=C\CCCCCCCC(=O)OC1C(OCC(NC(=O)C(O)CCCCCCCCCCCCCCC)C(O)/C=C/CCCCCCCCCCC)OC(CO)C(O)C1O. The molecular weight excluding hydrogens is 931 g/mol. The van der Waals surface area contributed by atoms with Crippen LogP contribution in [0.2, 0.25) is 0 Å². The zero-order valence-electron chi connectivity index (χ0n) is 47.2. The van der Waals surface area contributed by atoms with Gasteiger partial charge < -0.3 is 45.1 Å². The van der Waals surface area contributed by atoms with Gasteiger partial charge in [0.15, 0.2) is 12.4 Å². The Balaban J connectivity index is 2.68. The van der Waals surface area contributed by atoms with E-state index in [4.69, 9.17) is 14.2 Å². The van der Waals surface area contributed by atoms with Gasteiger partial charge in [0.2, 0.25) is 5.91 Å². The van der Waals surface area contributed by atoms with Gasteiger partial charge in [0.1, 0.15) is 24.4 Å². The Bertz CT molecular complexity index is 1480. The number of allylic oxidation sites excluding steroid dienone is 11. The summed E-state index contributed by atoms with van der Waals surface area (Å²) in [7, 11) is 0. The molecule has 0 bridgehead atoms. The molecule has 1 aliphatic rings. The van der Waals surface area contributed by atoms with Crippen molar-refractivity contribution < 1.29 is 49.3 Å². The van der Waals surface area contributed by atoms with E-state index in [9.17, 15) is 35.1 Å². The van der Waals surface area contributed by atoms with Gasteiger partial charge in [0, 0.05) is 6.42 Å². The quantitative estimate of drug-likeness (QED) is 0.0195. The summed E-state index contributed by atoms with van der Waals surface area (Å²) in [5.41, 5.74) is 0. The molecule has 1 fully saturated rings. The lowest BCUT2D eigenvalue weighted by Crippen LogP contribution is -2.61. The first kappa shape index (κ1) is 69.1. The number of aliphatic hydroxyl groups excluding tert-OH is 5. The van der Waals surface area contributed by atoms with Crippen molar-refractivity contribution in [3.63, 3.8) is 0 Å². The average Bonchev–Trinajstić information content (AvgIpc) is 3.40. The molecule has 8 unspecified atom stereocenters. The largest absolute Gasteiger partial charge is 0.454 e. The van der Waals surface area contributed by atoms with Crippen LogP contribution >= 0.6 is 0 Å². The third-order valence-electron chi connectivity index (χ3n) is 13.9. The van der Waals surface area contributed by atoms with E-state index in [0.717, 1.165) is 103 Å². The predicted octanol–water partition coefficient (Wildman–Crippen LogP) is 14.0. The molecule has 0 aromatic rings. The maximum atomic E-state index is 13.4. The van der Waals surface area contributed by atoms with Crippen molar-refractivity contribution in [1.82, 2.24) is 5.32 Å². The number of carbonyl (C=O) groups excluding carboxylic acids is 2. The van der Waals surface area contributed by atoms with Crippen LogP contribution in [0.1, 0.15) is 252 Å². The van der Waals surface area contributed by atoms with Crippen molar-refractivity contribution in [2.75, 3.05) is 13.2 Å². The Morgan fingerprint density at radius 1 is 0.541 bits per heavy atom. The lowest BCUT2D eigenvalue weighted by atomic mass is 9.99. The summed E-state index contributed by atoms with van der Waals surface area (Å²) in [5.74, 6) is -1.21. The minimum absolute atomic E-state index is 0.0997. The molecule has 1 aliphatic heterocycles. The molecule has 0 radical (unpaired) electrons. The number of unbranched alkanes of at least 4 members (excludes halogenated alkanes) is 26. The first-order valence-electron chi connectivity index (χ1n) is 30.2. The summed E-state index contributed by atoms with van der Waals surface area (Å²) in [5, 5.41) is 56.9. The number of aliphatic hydroxyl groups is 5. The predicted molar refractivity (Wildman–Crippen MR) is 306 cm³/mol. The third-order valence-corrected chi connectivity index (χ3v) is 13.9. The standard InChI is InChI=1S/C63H111NO10/c1-4-7-10-13-16-19-22-24-25-26-27-28-29-30-31-33-36-39-42-45-48-51-58(68)74-61-60(70)59(69)57(52-65)73-63(61)72-53-54(55(66)49-46-43-40-37-34-21-18-15-12-9-6-3)64-62(71)56(67)50-47-44-41-38-35-32-23-20-17-14-11-8-5-2/h7,10,16,19,24-25,27-28,30-31,46,49,54-57,59-61,63,65-67,69-70H,4-6,8-9,11-15,17-18,20-23,26,29,32-45,47-48,50-53H2,1-3H3,(H,64,71)/b10-7-,19-16-,25-24-,28-27-,31-30-,49-46+. The van der Waals surface area contributed by atoms with E-state index in [1.54, 1.807) is 6.08 Å². The van der Waals surface area contributed by atoms with Gasteiger partial charge in [-0.3, -0.25) is 9.59 Å². The van der Waals surface area contributed by atoms with Crippen LogP contribution in [0.5, 0.6) is 0 Å². The molecule has 6 N–H and O–H groups in total. The average molecular weight is 1040 g/mol. The minimum atomic E-state index is -1.62. The number of esters is 1. The number of nitrogens with one attached hydrogen (secondary N) is 1. The van der Waals surface area contributed by atoms with Gasteiger partial charge in [-0.2, -0.15) is 0 Å². The summed E-state index contributed by atoms with van der Waals surface area (Å²) in [6.45, 7) is 5.65.